The molecule has 0 bridgehead atoms. The molecule has 0 fully saturated rings. The summed E-state index contributed by atoms with van der Waals surface area (Å²) in [5, 5.41) is 2.51. The van der Waals surface area contributed by atoms with Crippen LogP contribution >= 0.6 is 0 Å². The lowest BCUT2D eigenvalue weighted by atomic mass is 9.59. The van der Waals surface area contributed by atoms with Gasteiger partial charge in [0, 0.05) is 16.5 Å². The number of imidazole rings is 1. The third kappa shape index (κ3) is 2.42. The molecule has 2 aromatic heterocycles. The van der Waals surface area contributed by atoms with E-state index in [4.69, 9.17) is 4.98 Å². The van der Waals surface area contributed by atoms with Crippen molar-refractivity contribution in [2.75, 3.05) is 0 Å². The number of hydrogen-bond acceptors (Lipinski definition) is 1. The van der Waals surface area contributed by atoms with Crippen molar-refractivity contribution in [1.29, 1.82) is 0 Å². The zero-order valence-corrected chi connectivity index (χ0v) is 20.9. The van der Waals surface area contributed by atoms with Crippen molar-refractivity contribution in [2.24, 2.45) is 5.41 Å². The number of pyridine rings is 1. The van der Waals surface area contributed by atoms with Crippen molar-refractivity contribution in [3.05, 3.63) is 58.8 Å². The van der Waals surface area contributed by atoms with Crippen LogP contribution in [0.25, 0.3) is 27.5 Å². The standard InChI is InChI=1S/C29H36N2/c1-17-11-12-19-18(13-17)14-24(26(2,3)4)31-23-16-21-20(15-22(23)30-25(19)31)27(5,6)29(9,10)28(21,7)8/h11-16H,1-10H3. The first kappa shape index (κ1) is 20.5. The minimum Gasteiger partial charge on any atom is -0.296 e. The second-order valence-electron chi connectivity index (χ2n) is 12.4. The van der Waals surface area contributed by atoms with Crippen LogP contribution in [0.3, 0.4) is 0 Å². The largest absolute Gasteiger partial charge is 0.296 e. The molecular formula is C29H36N2. The van der Waals surface area contributed by atoms with Gasteiger partial charge in [-0.15, -0.1) is 0 Å². The highest BCUT2D eigenvalue weighted by Gasteiger charge is 2.57. The summed E-state index contributed by atoms with van der Waals surface area (Å²) in [5.74, 6) is 0. The van der Waals surface area contributed by atoms with E-state index in [9.17, 15) is 0 Å². The van der Waals surface area contributed by atoms with E-state index in [1.165, 1.54) is 38.7 Å². The molecular weight excluding hydrogens is 376 g/mol. The van der Waals surface area contributed by atoms with Crippen LogP contribution in [0.5, 0.6) is 0 Å². The summed E-state index contributed by atoms with van der Waals surface area (Å²) >= 11 is 0. The van der Waals surface area contributed by atoms with Crippen LogP contribution in [0.2, 0.25) is 0 Å². The van der Waals surface area contributed by atoms with Gasteiger partial charge in [-0.25, -0.2) is 4.98 Å². The number of aryl methyl sites for hydroxylation is 1. The molecule has 0 unspecified atom stereocenters. The highest BCUT2D eigenvalue weighted by Crippen LogP contribution is 2.62. The molecule has 1 aliphatic rings. The van der Waals surface area contributed by atoms with E-state index in [0.29, 0.717) is 0 Å². The van der Waals surface area contributed by atoms with Crippen molar-refractivity contribution in [3.8, 4) is 0 Å². The van der Waals surface area contributed by atoms with E-state index in [1.807, 2.05) is 0 Å². The first-order chi connectivity index (χ1) is 14.2. The summed E-state index contributed by atoms with van der Waals surface area (Å²) in [6, 6.07) is 14.0. The Morgan fingerprint density at radius 3 is 2.03 bits per heavy atom. The van der Waals surface area contributed by atoms with Gasteiger partial charge in [0.1, 0.15) is 5.65 Å². The van der Waals surface area contributed by atoms with Crippen molar-refractivity contribution >= 4 is 27.5 Å². The topological polar surface area (TPSA) is 17.3 Å². The van der Waals surface area contributed by atoms with Crippen molar-refractivity contribution in [3.63, 3.8) is 0 Å². The molecule has 4 aromatic rings. The second-order valence-corrected chi connectivity index (χ2v) is 12.4. The number of aromatic nitrogens is 2. The molecule has 1 aliphatic carbocycles. The fourth-order valence-corrected chi connectivity index (χ4v) is 5.81. The SMILES string of the molecule is Cc1ccc2c(c1)cc(C(C)(C)C)n1c3cc4c(cc3nc21)C(C)(C)C(C)(C)C4(C)C. The van der Waals surface area contributed by atoms with Gasteiger partial charge < -0.3 is 0 Å². The average Bonchev–Trinajstić information content (AvgIpc) is 3.06. The highest BCUT2D eigenvalue weighted by atomic mass is 15.0. The highest BCUT2D eigenvalue weighted by molar-refractivity contribution is 5.99. The van der Waals surface area contributed by atoms with Crippen molar-refractivity contribution in [1.82, 2.24) is 9.38 Å². The minimum atomic E-state index is 0.0108. The minimum absolute atomic E-state index is 0.0108. The second kappa shape index (κ2) is 5.71. The fourth-order valence-electron chi connectivity index (χ4n) is 5.81. The van der Waals surface area contributed by atoms with Gasteiger partial charge in [-0.2, -0.15) is 0 Å². The number of fused-ring (bicyclic) bond motifs is 6. The summed E-state index contributed by atoms with van der Waals surface area (Å²) < 4.78 is 2.43. The predicted molar refractivity (Wildman–Crippen MR) is 133 cm³/mol. The molecule has 2 heterocycles. The normalized spacial score (nSPS) is 19.4. The molecule has 0 saturated heterocycles. The van der Waals surface area contributed by atoms with E-state index in [0.717, 1.165) is 11.2 Å². The Labute approximate surface area is 186 Å². The van der Waals surface area contributed by atoms with E-state index >= 15 is 0 Å². The third-order valence-electron chi connectivity index (χ3n) is 9.01. The molecule has 0 saturated carbocycles. The zero-order chi connectivity index (χ0) is 22.7. The van der Waals surface area contributed by atoms with Gasteiger partial charge >= 0.3 is 0 Å². The first-order valence-electron chi connectivity index (χ1n) is 11.6. The molecule has 2 heteroatoms. The van der Waals surface area contributed by atoms with Gasteiger partial charge in [0.05, 0.1) is 11.0 Å². The van der Waals surface area contributed by atoms with Gasteiger partial charge in [0.15, 0.2) is 0 Å². The maximum absolute atomic E-state index is 5.25. The average molecular weight is 413 g/mol. The van der Waals surface area contributed by atoms with Gasteiger partial charge in [-0.3, -0.25) is 4.40 Å². The van der Waals surface area contributed by atoms with E-state index in [-0.39, 0.29) is 21.7 Å². The Bertz CT molecular complexity index is 1390. The van der Waals surface area contributed by atoms with Crippen LogP contribution in [-0.4, -0.2) is 9.38 Å². The Kier molecular flexibility index (Phi) is 3.78. The molecule has 5 rings (SSSR count). The van der Waals surface area contributed by atoms with Gasteiger partial charge in [-0.1, -0.05) is 86.1 Å². The summed E-state index contributed by atoms with van der Waals surface area (Å²) in [5.41, 5.74) is 9.29. The van der Waals surface area contributed by atoms with Crippen molar-refractivity contribution in [2.45, 2.75) is 85.5 Å². The molecule has 162 valence electrons. The van der Waals surface area contributed by atoms with Crippen LogP contribution in [0.15, 0.2) is 36.4 Å². The van der Waals surface area contributed by atoms with Crippen molar-refractivity contribution < 1.29 is 0 Å². The van der Waals surface area contributed by atoms with Gasteiger partial charge in [0.2, 0.25) is 0 Å². The maximum Gasteiger partial charge on any atom is 0.146 e. The quantitative estimate of drug-likeness (QED) is 0.287. The smallest absolute Gasteiger partial charge is 0.146 e. The van der Waals surface area contributed by atoms with E-state index < -0.39 is 0 Å². The molecule has 0 N–H and O–H groups in total. The molecule has 2 nitrogen and oxygen atoms in total. The Morgan fingerprint density at radius 2 is 1.42 bits per heavy atom. The summed E-state index contributed by atoms with van der Waals surface area (Å²) in [4.78, 5) is 5.25. The number of nitrogens with zero attached hydrogens (tertiary/aromatic N) is 2. The van der Waals surface area contributed by atoms with Crippen LogP contribution in [0.4, 0.5) is 0 Å². The summed E-state index contributed by atoms with van der Waals surface area (Å²) in [6.45, 7) is 23.6. The summed E-state index contributed by atoms with van der Waals surface area (Å²) in [7, 11) is 0. The molecule has 0 spiro atoms. The third-order valence-corrected chi connectivity index (χ3v) is 9.01. The van der Waals surface area contributed by atoms with E-state index in [1.54, 1.807) is 0 Å². The van der Waals surface area contributed by atoms with Crippen LogP contribution in [0, 0.1) is 12.3 Å². The molecule has 0 aliphatic heterocycles. The zero-order valence-electron chi connectivity index (χ0n) is 20.9. The Morgan fingerprint density at radius 1 is 0.806 bits per heavy atom. The van der Waals surface area contributed by atoms with E-state index in [2.05, 4.69) is 110 Å². The Hall–Kier alpha value is -2.35. The predicted octanol–water partition coefficient (Wildman–Crippen LogP) is 7.84. The van der Waals surface area contributed by atoms with Gasteiger partial charge in [-0.05, 0) is 57.9 Å². The molecule has 0 atom stereocenters. The van der Waals surface area contributed by atoms with Crippen LogP contribution in [0.1, 0.15) is 84.7 Å². The molecule has 31 heavy (non-hydrogen) atoms. The number of rotatable bonds is 0. The monoisotopic (exact) mass is 412 g/mol. The molecule has 0 radical (unpaired) electrons. The first-order valence-corrected chi connectivity index (χ1v) is 11.6. The number of hydrogen-bond donors (Lipinski definition) is 0. The fraction of sp³-hybridized carbons (Fsp3) is 0.483. The van der Waals surface area contributed by atoms with Crippen LogP contribution < -0.4 is 0 Å². The molecule has 2 aromatic carbocycles. The molecule has 0 amide bonds. The maximum atomic E-state index is 5.25. The van der Waals surface area contributed by atoms with Gasteiger partial charge in [0.25, 0.3) is 0 Å². The lowest BCUT2D eigenvalue weighted by Gasteiger charge is -2.44. The lowest BCUT2D eigenvalue weighted by molar-refractivity contribution is 0.125. The number of benzene rings is 2. The summed E-state index contributed by atoms with van der Waals surface area (Å²) in [6.07, 6.45) is 0. The Balaban J connectivity index is 1.99. The van der Waals surface area contributed by atoms with Crippen LogP contribution in [-0.2, 0) is 16.2 Å². The lowest BCUT2D eigenvalue weighted by Crippen LogP contribution is -2.42.